The van der Waals surface area contributed by atoms with Crippen molar-refractivity contribution in [2.45, 2.75) is 37.2 Å². The normalized spacial score (nSPS) is 21.4. The summed E-state index contributed by atoms with van der Waals surface area (Å²) < 4.78 is 0. The summed E-state index contributed by atoms with van der Waals surface area (Å²) in [7, 11) is 0. The maximum Gasteiger partial charge on any atom is 0.248 e. The molecule has 1 fully saturated rings. The van der Waals surface area contributed by atoms with Crippen molar-refractivity contribution in [1.82, 2.24) is 4.98 Å². The van der Waals surface area contributed by atoms with Crippen molar-refractivity contribution in [2.75, 3.05) is 0 Å². The minimum Gasteiger partial charge on any atom is -0.378 e. The van der Waals surface area contributed by atoms with Crippen LogP contribution >= 0.6 is 11.6 Å². The third kappa shape index (κ3) is 4.42. The molecular weight excluding hydrogens is 384 g/mol. The lowest BCUT2D eigenvalue weighted by atomic mass is 9.76. The van der Waals surface area contributed by atoms with Gasteiger partial charge in [-0.25, -0.2) is 0 Å². The van der Waals surface area contributed by atoms with Gasteiger partial charge in [0.05, 0.1) is 5.52 Å². The van der Waals surface area contributed by atoms with Crippen LogP contribution in [-0.2, 0) is 0 Å². The molecule has 0 saturated heterocycles. The van der Waals surface area contributed by atoms with Crippen molar-refractivity contribution < 1.29 is 9.90 Å². The number of nitrogens with two attached hydrogens (primary N) is 1. The molecule has 2 atom stereocenters. The van der Waals surface area contributed by atoms with Gasteiger partial charge in [0.2, 0.25) is 5.91 Å². The van der Waals surface area contributed by atoms with E-state index >= 15 is 0 Å². The van der Waals surface area contributed by atoms with Crippen LogP contribution in [0.3, 0.4) is 0 Å². The fourth-order valence-electron chi connectivity index (χ4n) is 3.90. The van der Waals surface area contributed by atoms with Crippen LogP contribution in [0.15, 0.2) is 54.6 Å². The molecule has 0 bridgehead atoms. The highest BCUT2D eigenvalue weighted by Gasteiger charge is 2.34. The Morgan fingerprint density at radius 3 is 2.86 bits per heavy atom. The summed E-state index contributed by atoms with van der Waals surface area (Å²) in [6, 6.07) is 16.5. The van der Waals surface area contributed by atoms with E-state index in [9.17, 15) is 9.90 Å². The topological polar surface area (TPSA) is 76.2 Å². The van der Waals surface area contributed by atoms with Crippen LogP contribution in [0.25, 0.3) is 10.9 Å². The first-order valence-electron chi connectivity index (χ1n) is 9.63. The molecule has 1 amide bonds. The molecule has 0 aliphatic heterocycles. The summed E-state index contributed by atoms with van der Waals surface area (Å²) >= 11 is 6.01. The zero-order valence-electron chi connectivity index (χ0n) is 15.9. The average Bonchev–Trinajstić information content (AvgIpc) is 2.71. The molecule has 0 spiro atoms. The summed E-state index contributed by atoms with van der Waals surface area (Å²) in [5.74, 6) is 5.81. The zero-order valence-corrected chi connectivity index (χ0v) is 16.6. The molecule has 2 aromatic carbocycles. The third-order valence-electron chi connectivity index (χ3n) is 5.40. The average molecular weight is 405 g/mol. The van der Waals surface area contributed by atoms with E-state index in [1.165, 1.54) is 0 Å². The van der Waals surface area contributed by atoms with Gasteiger partial charge in [-0.15, -0.1) is 0 Å². The summed E-state index contributed by atoms with van der Waals surface area (Å²) in [6.45, 7) is 0. The molecule has 146 valence electrons. The molecule has 1 aliphatic carbocycles. The highest BCUT2D eigenvalue weighted by molar-refractivity contribution is 6.30. The molecule has 0 radical (unpaired) electrons. The SMILES string of the molecule is NC(=O)c1ccc2nc([C@H]3CCC[C@@](O)(C#Cc4cccc(Cl)c4)C3)ccc2c1. The Kier molecular flexibility index (Phi) is 5.27. The molecule has 1 aromatic heterocycles. The van der Waals surface area contributed by atoms with Crippen molar-refractivity contribution in [1.29, 1.82) is 0 Å². The highest BCUT2D eigenvalue weighted by Crippen LogP contribution is 2.38. The number of primary amides is 1. The number of fused-ring (bicyclic) bond motifs is 1. The van der Waals surface area contributed by atoms with Crippen molar-refractivity contribution >= 4 is 28.4 Å². The molecule has 4 nitrogen and oxygen atoms in total. The highest BCUT2D eigenvalue weighted by atomic mass is 35.5. The number of hydrogen-bond donors (Lipinski definition) is 2. The predicted octanol–water partition coefficient (Wildman–Crippen LogP) is 4.43. The Morgan fingerprint density at radius 2 is 2.07 bits per heavy atom. The van der Waals surface area contributed by atoms with Crippen LogP contribution in [0, 0.1) is 11.8 Å². The van der Waals surface area contributed by atoms with Crippen LogP contribution in [0.4, 0.5) is 0 Å². The minimum absolute atomic E-state index is 0.127. The molecule has 29 heavy (non-hydrogen) atoms. The van der Waals surface area contributed by atoms with Crippen LogP contribution < -0.4 is 5.73 Å². The van der Waals surface area contributed by atoms with Gasteiger partial charge in [0.15, 0.2) is 0 Å². The van der Waals surface area contributed by atoms with Crippen LogP contribution in [0.2, 0.25) is 5.02 Å². The quantitative estimate of drug-likeness (QED) is 0.620. The second-order valence-electron chi connectivity index (χ2n) is 7.59. The van der Waals surface area contributed by atoms with E-state index in [2.05, 4.69) is 11.8 Å². The van der Waals surface area contributed by atoms with Gasteiger partial charge >= 0.3 is 0 Å². The van der Waals surface area contributed by atoms with Crippen molar-refractivity contribution in [2.24, 2.45) is 5.73 Å². The summed E-state index contributed by atoms with van der Waals surface area (Å²) in [5.41, 5.74) is 7.32. The number of pyridine rings is 1. The molecular formula is C24H21ClN2O2. The Labute approximate surface area is 174 Å². The van der Waals surface area contributed by atoms with E-state index in [1.807, 2.05) is 30.3 Å². The molecule has 1 heterocycles. The van der Waals surface area contributed by atoms with Gasteiger partial charge in [-0.05, 0) is 68.1 Å². The number of nitrogens with zero attached hydrogens (tertiary/aromatic N) is 1. The molecule has 1 aliphatic rings. The largest absolute Gasteiger partial charge is 0.378 e. The molecule has 4 rings (SSSR count). The maximum atomic E-state index is 11.4. The van der Waals surface area contributed by atoms with Crippen molar-refractivity contribution in [3.05, 3.63) is 76.4 Å². The smallest absolute Gasteiger partial charge is 0.248 e. The lowest BCUT2D eigenvalue weighted by molar-refractivity contribution is 0.0514. The Morgan fingerprint density at radius 1 is 1.21 bits per heavy atom. The summed E-state index contributed by atoms with van der Waals surface area (Å²) in [4.78, 5) is 16.1. The van der Waals surface area contributed by atoms with E-state index in [0.717, 1.165) is 35.0 Å². The lowest BCUT2D eigenvalue weighted by Gasteiger charge is -2.32. The van der Waals surface area contributed by atoms with Gasteiger partial charge in [-0.2, -0.15) is 0 Å². The second-order valence-corrected chi connectivity index (χ2v) is 8.03. The first-order valence-corrected chi connectivity index (χ1v) is 10.0. The van der Waals surface area contributed by atoms with E-state index in [-0.39, 0.29) is 5.92 Å². The third-order valence-corrected chi connectivity index (χ3v) is 5.64. The Balaban J connectivity index is 1.58. The van der Waals surface area contributed by atoms with E-state index in [4.69, 9.17) is 22.3 Å². The van der Waals surface area contributed by atoms with Crippen LogP contribution in [-0.4, -0.2) is 21.6 Å². The first kappa shape index (κ1) is 19.4. The number of aromatic nitrogens is 1. The van der Waals surface area contributed by atoms with Gasteiger partial charge in [0.1, 0.15) is 5.60 Å². The number of hydrogen-bond acceptors (Lipinski definition) is 3. The molecule has 5 heteroatoms. The predicted molar refractivity (Wildman–Crippen MR) is 115 cm³/mol. The Bertz CT molecular complexity index is 1150. The molecule has 3 N–H and O–H groups in total. The number of benzene rings is 2. The minimum atomic E-state index is -1.04. The van der Waals surface area contributed by atoms with Crippen molar-refractivity contribution in [3.8, 4) is 11.8 Å². The first-order chi connectivity index (χ1) is 13.9. The van der Waals surface area contributed by atoms with E-state index in [1.54, 1.807) is 24.3 Å². The number of aliphatic hydroxyl groups is 1. The second kappa shape index (κ2) is 7.87. The van der Waals surface area contributed by atoms with E-state index in [0.29, 0.717) is 23.4 Å². The Hall–Kier alpha value is -2.87. The number of carbonyl (C=O) groups is 1. The number of amides is 1. The monoisotopic (exact) mass is 404 g/mol. The van der Waals surface area contributed by atoms with Gasteiger partial charge in [-0.1, -0.05) is 35.6 Å². The summed E-state index contributed by atoms with van der Waals surface area (Å²) in [6.07, 6.45) is 3.02. The summed E-state index contributed by atoms with van der Waals surface area (Å²) in [5, 5.41) is 12.6. The maximum absolute atomic E-state index is 11.4. The van der Waals surface area contributed by atoms with Gasteiger partial charge in [0, 0.05) is 33.1 Å². The standard InChI is InChI=1S/C24H21ClN2O2/c25-20-5-1-3-16(13-20)10-12-24(29)11-2-4-19(15-24)22-8-6-17-14-18(23(26)28)7-9-21(17)27-22/h1,3,5-9,13-14,19,29H,2,4,11,15H2,(H2,26,28)/t19-,24+/m0/s1. The fourth-order valence-corrected chi connectivity index (χ4v) is 4.09. The van der Waals surface area contributed by atoms with Gasteiger partial charge < -0.3 is 10.8 Å². The van der Waals surface area contributed by atoms with Gasteiger partial charge in [-0.3, -0.25) is 9.78 Å². The molecule has 3 aromatic rings. The van der Waals surface area contributed by atoms with Crippen LogP contribution in [0.1, 0.15) is 53.2 Å². The fraction of sp³-hybridized carbons (Fsp3) is 0.250. The molecule has 1 saturated carbocycles. The van der Waals surface area contributed by atoms with Gasteiger partial charge in [0.25, 0.3) is 0 Å². The number of rotatable bonds is 2. The number of halogens is 1. The lowest BCUT2D eigenvalue weighted by Crippen LogP contribution is -2.33. The number of carbonyl (C=O) groups excluding carboxylic acids is 1. The zero-order chi connectivity index (χ0) is 20.4. The molecule has 0 unspecified atom stereocenters. The van der Waals surface area contributed by atoms with Crippen LogP contribution in [0.5, 0.6) is 0 Å². The van der Waals surface area contributed by atoms with E-state index < -0.39 is 11.5 Å². The van der Waals surface area contributed by atoms with Crippen molar-refractivity contribution in [3.63, 3.8) is 0 Å².